The second kappa shape index (κ2) is 16.6. The lowest BCUT2D eigenvalue weighted by molar-refractivity contribution is 0.437. The molecule has 0 saturated heterocycles. The Morgan fingerprint density at radius 1 is 0.478 bits per heavy atom. The van der Waals surface area contributed by atoms with Crippen LogP contribution in [0.5, 0.6) is 11.5 Å². The van der Waals surface area contributed by atoms with Gasteiger partial charge in [-0.2, -0.15) is 0 Å². The summed E-state index contributed by atoms with van der Waals surface area (Å²) < 4.78 is 7.17. The fourth-order valence-corrected chi connectivity index (χ4v) is 10.0. The highest BCUT2D eigenvalue weighted by Crippen LogP contribution is 2.62. The maximum absolute atomic E-state index is 7.17. The van der Waals surface area contributed by atoms with Crippen molar-refractivity contribution in [1.82, 2.24) is 19.9 Å². The third kappa shape index (κ3) is 6.88. The molecule has 67 heavy (non-hydrogen) atoms. The molecule has 2 aliphatic rings. The van der Waals surface area contributed by atoms with Crippen molar-refractivity contribution in [3.8, 4) is 67.7 Å². The van der Waals surface area contributed by atoms with Crippen LogP contribution in [0.1, 0.15) is 40.6 Å². The second-order valence-electron chi connectivity index (χ2n) is 16.9. The van der Waals surface area contributed by atoms with Gasteiger partial charge in [0.2, 0.25) is 0 Å². The Bertz CT molecular complexity index is 3560. The molecular weight excluding hydrogens is 817 g/mol. The smallest absolute Gasteiger partial charge is 0.164 e. The molecule has 316 valence electrons. The minimum atomic E-state index is -0.640. The lowest BCUT2D eigenvalue weighted by Gasteiger charge is -2.39. The van der Waals surface area contributed by atoms with E-state index in [1.807, 2.05) is 43.5 Å². The molecule has 1 aliphatic carbocycles. The minimum Gasteiger partial charge on any atom is -0.457 e. The summed E-state index contributed by atoms with van der Waals surface area (Å²) in [6.07, 6.45) is 12.1. The van der Waals surface area contributed by atoms with Gasteiger partial charge in [-0.15, -0.1) is 0 Å². The van der Waals surface area contributed by atoms with Gasteiger partial charge in [-0.3, -0.25) is 4.98 Å². The molecular formula is C62H42N4O. The van der Waals surface area contributed by atoms with E-state index in [9.17, 15) is 0 Å². The predicted molar refractivity (Wildman–Crippen MR) is 273 cm³/mol. The molecule has 1 spiro atoms. The van der Waals surface area contributed by atoms with Crippen LogP contribution in [0, 0.1) is 0 Å². The van der Waals surface area contributed by atoms with Gasteiger partial charge in [0.25, 0.3) is 0 Å². The molecule has 8 aromatic carbocycles. The Hall–Kier alpha value is -8.80. The number of aromatic nitrogens is 4. The number of para-hydroxylation sites is 1. The van der Waals surface area contributed by atoms with Gasteiger partial charge in [-0.25, -0.2) is 15.0 Å². The Morgan fingerprint density at radius 3 is 1.76 bits per heavy atom. The van der Waals surface area contributed by atoms with Gasteiger partial charge < -0.3 is 4.74 Å². The molecule has 0 radical (unpaired) electrons. The van der Waals surface area contributed by atoms with Gasteiger partial charge in [0.1, 0.15) is 11.5 Å². The van der Waals surface area contributed by atoms with E-state index in [1.165, 1.54) is 22.3 Å². The lowest BCUT2D eigenvalue weighted by atomic mass is 9.66. The van der Waals surface area contributed by atoms with Crippen molar-refractivity contribution in [2.75, 3.05) is 0 Å². The molecule has 0 unspecified atom stereocenters. The van der Waals surface area contributed by atoms with Crippen molar-refractivity contribution in [3.05, 3.63) is 264 Å². The normalized spacial score (nSPS) is 13.4. The van der Waals surface area contributed by atoms with Crippen LogP contribution in [0.2, 0.25) is 0 Å². The molecule has 2 aromatic heterocycles. The molecule has 5 nitrogen and oxygen atoms in total. The summed E-state index contributed by atoms with van der Waals surface area (Å²) >= 11 is 0. The summed E-state index contributed by atoms with van der Waals surface area (Å²) in [5, 5.41) is 1.09. The number of nitrogens with zero attached hydrogens (tertiary/aromatic N) is 4. The summed E-state index contributed by atoms with van der Waals surface area (Å²) in [6.45, 7) is 2.03. The molecule has 0 fully saturated rings. The number of hydrogen-bond donors (Lipinski definition) is 0. The molecule has 0 bridgehead atoms. The summed E-state index contributed by atoms with van der Waals surface area (Å²) in [5.41, 5.74) is 15.7. The standard InChI is InChI=1S/C62H42N4O/c1-2-16-41(42-17-5-3-6-18-42)21-14-29-58-64-60(46-32-30-44(31-33-46)43-19-7-4-8-20-43)66-61(65-58)48-35-37-55-57(40-48)67-56-39-47(49-26-13-22-45-23-15-38-63-59(45)49)34-36-54(56)62(55)52-27-11-9-24-50(52)51-25-10-12-28-53(51)62/h2-40H,1H3/b16-2-,29-14+,41-21+. The number of ether oxygens (including phenoxy) is 1. The highest BCUT2D eigenvalue weighted by molar-refractivity contribution is 5.95. The van der Waals surface area contributed by atoms with E-state index in [0.29, 0.717) is 17.5 Å². The molecule has 0 atom stereocenters. The average molecular weight is 859 g/mol. The zero-order valence-electron chi connectivity index (χ0n) is 36.7. The number of fused-ring (bicyclic) bond motifs is 10. The van der Waals surface area contributed by atoms with E-state index >= 15 is 0 Å². The van der Waals surface area contributed by atoms with Crippen molar-refractivity contribution in [1.29, 1.82) is 0 Å². The van der Waals surface area contributed by atoms with E-state index in [4.69, 9.17) is 24.7 Å². The fraction of sp³-hybridized carbons (Fsp3) is 0.0323. The predicted octanol–water partition coefficient (Wildman–Crippen LogP) is 15.2. The third-order valence-corrected chi connectivity index (χ3v) is 13.0. The third-order valence-electron chi connectivity index (χ3n) is 13.0. The van der Waals surface area contributed by atoms with Crippen molar-refractivity contribution < 1.29 is 4.74 Å². The van der Waals surface area contributed by atoms with Gasteiger partial charge in [0, 0.05) is 39.4 Å². The van der Waals surface area contributed by atoms with Gasteiger partial charge in [0.15, 0.2) is 17.5 Å². The van der Waals surface area contributed by atoms with Crippen LogP contribution < -0.4 is 4.74 Å². The van der Waals surface area contributed by atoms with Crippen molar-refractivity contribution in [2.45, 2.75) is 12.3 Å². The SMILES string of the molecule is C\C=C/C(=C\C=C\c1nc(-c2ccc(-c3ccccc3)cc2)nc(-c2ccc3c(c2)Oc2cc(-c4cccc5cccnc45)ccc2C32c3ccccc3-c3ccccc32)n1)c1ccccc1. The quantitative estimate of drug-likeness (QED) is 0.142. The van der Waals surface area contributed by atoms with Crippen LogP contribution in [-0.4, -0.2) is 19.9 Å². The van der Waals surface area contributed by atoms with Gasteiger partial charge in [0.05, 0.1) is 10.9 Å². The van der Waals surface area contributed by atoms with Crippen LogP contribution in [0.25, 0.3) is 78.7 Å². The fourth-order valence-electron chi connectivity index (χ4n) is 10.0. The summed E-state index contributed by atoms with van der Waals surface area (Å²) in [4.78, 5) is 20.2. The Kier molecular flexibility index (Phi) is 9.88. The van der Waals surface area contributed by atoms with Crippen LogP contribution in [0.4, 0.5) is 0 Å². The summed E-state index contributed by atoms with van der Waals surface area (Å²) in [7, 11) is 0. The first-order valence-corrected chi connectivity index (χ1v) is 22.6. The van der Waals surface area contributed by atoms with Crippen molar-refractivity contribution in [2.24, 2.45) is 0 Å². The molecule has 10 aromatic rings. The number of pyridine rings is 1. The number of rotatable bonds is 8. The Balaban J connectivity index is 1.03. The first-order chi connectivity index (χ1) is 33.2. The van der Waals surface area contributed by atoms with E-state index in [1.54, 1.807) is 0 Å². The topological polar surface area (TPSA) is 60.8 Å². The molecule has 0 N–H and O–H groups in total. The van der Waals surface area contributed by atoms with E-state index < -0.39 is 5.41 Å². The van der Waals surface area contributed by atoms with Crippen molar-refractivity contribution >= 4 is 22.6 Å². The zero-order valence-corrected chi connectivity index (χ0v) is 36.7. The molecule has 5 heteroatoms. The van der Waals surface area contributed by atoms with Gasteiger partial charge in [-0.1, -0.05) is 206 Å². The summed E-state index contributed by atoms with van der Waals surface area (Å²) in [5.74, 6) is 3.22. The minimum absolute atomic E-state index is 0.545. The highest BCUT2D eigenvalue weighted by atomic mass is 16.5. The molecule has 1 aliphatic heterocycles. The van der Waals surface area contributed by atoms with E-state index in [-0.39, 0.29) is 0 Å². The van der Waals surface area contributed by atoms with E-state index in [0.717, 1.165) is 78.0 Å². The van der Waals surface area contributed by atoms with Crippen LogP contribution in [0.15, 0.2) is 231 Å². The van der Waals surface area contributed by atoms with Crippen LogP contribution >= 0.6 is 0 Å². The zero-order chi connectivity index (χ0) is 44.7. The lowest BCUT2D eigenvalue weighted by Crippen LogP contribution is -2.32. The highest BCUT2D eigenvalue weighted by Gasteiger charge is 2.51. The number of benzene rings is 8. The Labute approximate surface area is 389 Å². The second-order valence-corrected chi connectivity index (χ2v) is 16.9. The molecule has 0 saturated carbocycles. The monoisotopic (exact) mass is 858 g/mol. The maximum Gasteiger partial charge on any atom is 0.164 e. The Morgan fingerprint density at radius 2 is 1.04 bits per heavy atom. The largest absolute Gasteiger partial charge is 0.457 e. The molecule has 0 amide bonds. The number of hydrogen-bond acceptors (Lipinski definition) is 5. The first kappa shape index (κ1) is 39.8. The van der Waals surface area contributed by atoms with Gasteiger partial charge >= 0.3 is 0 Å². The van der Waals surface area contributed by atoms with E-state index in [2.05, 4.69) is 200 Å². The first-order valence-electron chi connectivity index (χ1n) is 22.6. The molecule has 3 heterocycles. The summed E-state index contributed by atoms with van der Waals surface area (Å²) in [6, 6.07) is 70.3. The molecule has 12 rings (SSSR count). The average Bonchev–Trinajstić information content (AvgIpc) is 3.68. The number of allylic oxidation sites excluding steroid dienone is 5. The van der Waals surface area contributed by atoms with Crippen LogP contribution in [-0.2, 0) is 5.41 Å². The maximum atomic E-state index is 7.17. The van der Waals surface area contributed by atoms with Crippen LogP contribution in [0.3, 0.4) is 0 Å². The van der Waals surface area contributed by atoms with Gasteiger partial charge in [-0.05, 0) is 81.3 Å². The van der Waals surface area contributed by atoms with Crippen molar-refractivity contribution in [3.63, 3.8) is 0 Å².